The number of benzene rings is 3. The molecule has 4 nitrogen and oxygen atoms in total. The van der Waals surface area contributed by atoms with Gasteiger partial charge >= 0.3 is 0 Å². The molecule has 1 heterocycles. The molecule has 1 aliphatic rings. The molecule has 25 heavy (non-hydrogen) atoms. The molecule has 3 aromatic rings. The molecule has 3 aromatic carbocycles. The van der Waals surface area contributed by atoms with Crippen molar-refractivity contribution < 1.29 is 9.90 Å². The Hall–Kier alpha value is -2.98. The molecule has 0 radical (unpaired) electrons. The Morgan fingerprint density at radius 3 is 2.48 bits per heavy atom. The minimum Gasteiger partial charge on any atom is -0.508 e. The average Bonchev–Trinajstić information content (AvgIpc) is 2.63. The zero-order valence-electron chi connectivity index (χ0n) is 13.2. The van der Waals surface area contributed by atoms with Crippen LogP contribution in [-0.2, 0) is 0 Å². The summed E-state index contributed by atoms with van der Waals surface area (Å²) in [7, 11) is 0. The van der Waals surface area contributed by atoms with E-state index in [1.807, 2.05) is 36.4 Å². The predicted molar refractivity (Wildman–Crippen MR) is 99.2 cm³/mol. The summed E-state index contributed by atoms with van der Waals surface area (Å²) in [5, 5.41) is 13.9. The predicted octanol–water partition coefficient (Wildman–Crippen LogP) is 4.82. The van der Waals surface area contributed by atoms with E-state index in [0.29, 0.717) is 10.6 Å². The first-order valence-electron chi connectivity index (χ1n) is 7.87. The molecule has 1 aliphatic heterocycles. The molecule has 0 saturated carbocycles. The number of carbonyl (C=O) groups excluding carboxylic acids is 1. The standard InChI is InChI=1S/C20H15ClN2O2/c21-14-8-10-15(11-9-14)23-19(13-4-3-5-16(24)12-13)22-18-7-2-1-6-17(18)20(23)25/h1-12,19,22,24H/t19-/m1/s1. The van der Waals surface area contributed by atoms with Crippen molar-refractivity contribution in [1.29, 1.82) is 0 Å². The summed E-state index contributed by atoms with van der Waals surface area (Å²) in [6.07, 6.45) is -0.435. The topological polar surface area (TPSA) is 52.6 Å². The van der Waals surface area contributed by atoms with Gasteiger partial charge in [-0.25, -0.2) is 0 Å². The number of halogens is 1. The second-order valence-corrected chi connectivity index (χ2v) is 6.28. The number of aromatic hydroxyl groups is 1. The molecule has 0 aromatic heterocycles. The maximum absolute atomic E-state index is 13.2. The van der Waals surface area contributed by atoms with Gasteiger partial charge in [0.05, 0.1) is 5.56 Å². The van der Waals surface area contributed by atoms with Crippen LogP contribution in [0.15, 0.2) is 72.8 Å². The van der Waals surface area contributed by atoms with Crippen LogP contribution in [0.5, 0.6) is 5.75 Å². The van der Waals surface area contributed by atoms with Gasteiger partial charge in [0.2, 0.25) is 0 Å². The van der Waals surface area contributed by atoms with E-state index in [-0.39, 0.29) is 11.7 Å². The van der Waals surface area contributed by atoms with Gasteiger partial charge < -0.3 is 10.4 Å². The van der Waals surface area contributed by atoms with E-state index in [4.69, 9.17) is 11.6 Å². The van der Waals surface area contributed by atoms with Gasteiger partial charge in [0.1, 0.15) is 11.9 Å². The van der Waals surface area contributed by atoms with E-state index < -0.39 is 6.17 Å². The molecule has 0 saturated heterocycles. The van der Waals surface area contributed by atoms with E-state index in [2.05, 4.69) is 5.32 Å². The van der Waals surface area contributed by atoms with Crippen molar-refractivity contribution in [3.63, 3.8) is 0 Å². The van der Waals surface area contributed by atoms with Gasteiger partial charge in [0, 0.05) is 16.4 Å². The number of phenolic OH excluding ortho intramolecular Hbond substituents is 1. The Morgan fingerprint density at radius 1 is 0.960 bits per heavy atom. The van der Waals surface area contributed by atoms with Crippen molar-refractivity contribution in [1.82, 2.24) is 0 Å². The van der Waals surface area contributed by atoms with Crippen molar-refractivity contribution in [3.8, 4) is 5.75 Å². The molecule has 1 atom stereocenters. The number of carbonyl (C=O) groups is 1. The van der Waals surface area contributed by atoms with Crippen molar-refractivity contribution >= 4 is 28.9 Å². The second-order valence-electron chi connectivity index (χ2n) is 5.84. The number of hydrogen-bond donors (Lipinski definition) is 2. The first-order chi connectivity index (χ1) is 12.1. The number of nitrogens with one attached hydrogen (secondary N) is 1. The van der Waals surface area contributed by atoms with Gasteiger partial charge in [-0.15, -0.1) is 0 Å². The average molecular weight is 351 g/mol. The molecule has 4 rings (SSSR count). The summed E-state index contributed by atoms with van der Waals surface area (Å²) < 4.78 is 0. The van der Waals surface area contributed by atoms with Crippen molar-refractivity contribution in [3.05, 3.63) is 88.9 Å². The molecule has 124 valence electrons. The maximum atomic E-state index is 13.2. The van der Waals surface area contributed by atoms with E-state index in [9.17, 15) is 9.90 Å². The minimum atomic E-state index is -0.435. The second kappa shape index (κ2) is 6.15. The molecule has 5 heteroatoms. The molecule has 2 N–H and O–H groups in total. The fourth-order valence-electron chi connectivity index (χ4n) is 3.05. The fourth-order valence-corrected chi connectivity index (χ4v) is 3.18. The number of nitrogens with zero attached hydrogens (tertiary/aromatic N) is 1. The van der Waals surface area contributed by atoms with E-state index in [0.717, 1.165) is 16.9 Å². The highest BCUT2D eigenvalue weighted by Crippen LogP contribution is 2.37. The fraction of sp³-hybridized carbons (Fsp3) is 0.0500. The van der Waals surface area contributed by atoms with Crippen LogP contribution >= 0.6 is 11.6 Å². The van der Waals surface area contributed by atoms with Gasteiger partial charge in [-0.3, -0.25) is 9.69 Å². The lowest BCUT2D eigenvalue weighted by molar-refractivity contribution is 0.0975. The van der Waals surface area contributed by atoms with E-state index in [1.54, 1.807) is 41.3 Å². The summed E-state index contributed by atoms with van der Waals surface area (Å²) in [6.45, 7) is 0. The van der Waals surface area contributed by atoms with Crippen molar-refractivity contribution in [2.45, 2.75) is 6.17 Å². The van der Waals surface area contributed by atoms with Crippen LogP contribution in [0.25, 0.3) is 0 Å². The van der Waals surface area contributed by atoms with Crippen LogP contribution < -0.4 is 10.2 Å². The third kappa shape index (κ3) is 2.81. The summed E-state index contributed by atoms with van der Waals surface area (Å²) in [5.74, 6) is 0.0479. The number of hydrogen-bond acceptors (Lipinski definition) is 3. The molecular weight excluding hydrogens is 336 g/mol. The number of rotatable bonds is 2. The summed E-state index contributed by atoms with van der Waals surface area (Å²) in [6, 6.07) is 21.4. The number of fused-ring (bicyclic) bond motifs is 1. The van der Waals surface area contributed by atoms with Crippen LogP contribution in [0.3, 0.4) is 0 Å². The molecule has 1 amide bonds. The van der Waals surface area contributed by atoms with Crippen LogP contribution in [0.1, 0.15) is 22.1 Å². The SMILES string of the molecule is O=C1c2ccccc2N[C@@H](c2cccc(O)c2)N1c1ccc(Cl)cc1. The van der Waals surface area contributed by atoms with E-state index in [1.165, 1.54) is 0 Å². The van der Waals surface area contributed by atoms with Gasteiger partial charge in [-0.05, 0) is 54.1 Å². The molecular formula is C20H15ClN2O2. The monoisotopic (exact) mass is 350 g/mol. The highest BCUT2D eigenvalue weighted by atomic mass is 35.5. The zero-order chi connectivity index (χ0) is 17.4. The highest BCUT2D eigenvalue weighted by molar-refractivity contribution is 6.30. The van der Waals surface area contributed by atoms with Gasteiger partial charge in [-0.1, -0.05) is 35.9 Å². The zero-order valence-corrected chi connectivity index (χ0v) is 13.9. The van der Waals surface area contributed by atoms with Crippen LogP contribution in [0.2, 0.25) is 5.02 Å². The third-order valence-electron chi connectivity index (χ3n) is 4.22. The quantitative estimate of drug-likeness (QED) is 0.697. The first kappa shape index (κ1) is 15.5. The number of para-hydroxylation sites is 1. The maximum Gasteiger partial charge on any atom is 0.262 e. The molecule has 0 unspecified atom stereocenters. The van der Waals surface area contributed by atoms with Gasteiger partial charge in [0.25, 0.3) is 5.91 Å². The highest BCUT2D eigenvalue weighted by Gasteiger charge is 2.34. The number of amides is 1. The Labute approximate surface area is 150 Å². The van der Waals surface area contributed by atoms with Crippen LogP contribution in [0, 0.1) is 0 Å². The first-order valence-corrected chi connectivity index (χ1v) is 8.25. The largest absolute Gasteiger partial charge is 0.508 e. The normalized spacial score (nSPS) is 16.3. The lowest BCUT2D eigenvalue weighted by Crippen LogP contribution is -2.43. The summed E-state index contributed by atoms with van der Waals surface area (Å²) >= 11 is 5.99. The minimum absolute atomic E-state index is 0.106. The Morgan fingerprint density at radius 2 is 1.72 bits per heavy atom. The Bertz CT molecular complexity index is 940. The third-order valence-corrected chi connectivity index (χ3v) is 4.47. The Balaban J connectivity index is 1.87. The number of phenols is 1. The molecule has 0 spiro atoms. The van der Waals surface area contributed by atoms with Crippen LogP contribution in [0.4, 0.5) is 11.4 Å². The van der Waals surface area contributed by atoms with Crippen molar-refractivity contribution in [2.24, 2.45) is 0 Å². The summed E-state index contributed by atoms with van der Waals surface area (Å²) in [5.41, 5.74) is 2.89. The van der Waals surface area contributed by atoms with Crippen molar-refractivity contribution in [2.75, 3.05) is 10.2 Å². The molecule has 0 fully saturated rings. The lowest BCUT2D eigenvalue weighted by Gasteiger charge is -2.38. The Kier molecular flexibility index (Phi) is 3.82. The van der Waals surface area contributed by atoms with E-state index >= 15 is 0 Å². The number of anilines is 2. The lowest BCUT2D eigenvalue weighted by atomic mass is 10.0. The van der Waals surface area contributed by atoms with Gasteiger partial charge in [0.15, 0.2) is 0 Å². The molecule has 0 aliphatic carbocycles. The smallest absolute Gasteiger partial charge is 0.262 e. The molecule has 0 bridgehead atoms. The van der Waals surface area contributed by atoms with Crippen LogP contribution in [-0.4, -0.2) is 11.0 Å². The summed E-state index contributed by atoms with van der Waals surface area (Å²) in [4.78, 5) is 14.8. The van der Waals surface area contributed by atoms with Gasteiger partial charge in [-0.2, -0.15) is 0 Å².